The van der Waals surface area contributed by atoms with E-state index >= 15 is 0 Å². The molecule has 0 spiro atoms. The monoisotopic (exact) mass is 1070 g/mol. The summed E-state index contributed by atoms with van der Waals surface area (Å²) in [7, 11) is 0. The maximum Gasteiger partial charge on any atom is -0.0251 e. The predicted octanol–water partition coefficient (Wildman–Crippen LogP) is 26.8. The van der Waals surface area contributed by atoms with E-state index in [9.17, 15) is 0 Å². The van der Waals surface area contributed by atoms with E-state index in [1.807, 2.05) is 0 Å². The van der Waals surface area contributed by atoms with Gasteiger partial charge in [0.25, 0.3) is 0 Å². The third-order valence-electron chi connectivity index (χ3n) is 24.2. The Morgan fingerprint density at radius 1 is 0.197 bits per heavy atom. The van der Waals surface area contributed by atoms with Gasteiger partial charge in [0.15, 0.2) is 0 Å². The summed E-state index contributed by atoms with van der Waals surface area (Å²) in [5, 5.41) is 0. The Morgan fingerprint density at radius 3 is 0.474 bits per heavy atom. The minimum atomic E-state index is 0.570. The van der Waals surface area contributed by atoms with E-state index in [-0.39, 0.29) is 0 Å². The standard InChI is InChI=1S/C12H24.C11H22.2C10H20.2C9H18.C8H16.C7H14/c1-10(2)12(11(3)4)8-6-5-7-9-12;1-9(2)11(10(3)4)7-5-6-8-11;1-8(2)10(9(3)4)6-5-7-10;1-10(2,3)9-7-5-4-6-8-9;1-7(2)9(5-6-9)8(3)4;1-9(2,3)8-6-4-5-7-8;1-8(2,3)7-5-4-6-7;1-7(2,3)6-4-5-6/h10-11H,5-9H2,1-4H3;9-10H,5-8H2,1-4H3;8-9H,5-7H2,1-4H3;9H,4-8H2,1-3H3;7-8H,5-6H2,1-4H3;8H,4-7H2,1-3H3;7H,4-6H2,1-3H3;6H,4-5H2,1-3H3. The van der Waals surface area contributed by atoms with Crippen LogP contribution in [-0.2, 0) is 0 Å². The first kappa shape index (κ1) is 74.0. The summed E-state index contributed by atoms with van der Waals surface area (Å²) >= 11 is 0. The lowest BCUT2D eigenvalue weighted by Gasteiger charge is -2.49. The van der Waals surface area contributed by atoms with Gasteiger partial charge in [0, 0.05) is 0 Å². The van der Waals surface area contributed by atoms with E-state index < -0.39 is 0 Å². The van der Waals surface area contributed by atoms with E-state index in [1.165, 1.54) is 180 Å². The van der Waals surface area contributed by atoms with Gasteiger partial charge in [-0.1, -0.05) is 271 Å². The molecule has 0 heteroatoms. The summed E-state index contributed by atoms with van der Waals surface area (Å²) in [6, 6.07) is 0. The fourth-order valence-corrected chi connectivity index (χ4v) is 16.2. The molecule has 8 fully saturated rings. The summed E-state index contributed by atoms with van der Waals surface area (Å²) in [4.78, 5) is 0. The third kappa shape index (κ3) is 24.1. The van der Waals surface area contributed by atoms with Crippen molar-refractivity contribution in [3.05, 3.63) is 0 Å². The van der Waals surface area contributed by atoms with E-state index in [0.717, 1.165) is 81.8 Å². The molecule has 8 saturated carbocycles. The highest BCUT2D eigenvalue weighted by atomic mass is 14.5. The van der Waals surface area contributed by atoms with Crippen molar-refractivity contribution >= 4 is 0 Å². The van der Waals surface area contributed by atoms with Crippen molar-refractivity contribution in [2.24, 2.45) is 114 Å². The summed E-state index contributed by atoms with van der Waals surface area (Å²) in [5.74, 6) is 11.2. The second kappa shape index (κ2) is 32.7. The molecule has 0 saturated heterocycles. The minimum absolute atomic E-state index is 0.570. The van der Waals surface area contributed by atoms with Crippen LogP contribution in [0, 0.1) is 114 Å². The molecule has 0 radical (unpaired) electrons. The van der Waals surface area contributed by atoms with E-state index in [0.29, 0.717) is 32.5 Å². The van der Waals surface area contributed by atoms with Gasteiger partial charge >= 0.3 is 0 Å². The topological polar surface area (TPSA) is 0 Å². The first-order valence-corrected chi connectivity index (χ1v) is 34.8. The molecule has 0 aromatic heterocycles. The Balaban J connectivity index is 0.000000436. The van der Waals surface area contributed by atoms with Gasteiger partial charge in [0.05, 0.1) is 0 Å². The Kier molecular flexibility index (Phi) is 31.9. The molecular weight excluding hydrogens is 913 g/mol. The van der Waals surface area contributed by atoms with Gasteiger partial charge in [-0.25, -0.2) is 0 Å². The SMILES string of the molecule is CC(C)(C)C1CC1.CC(C)(C)C1CCC1.CC(C)(C)C1CCCC1.CC(C)(C)C1CCCCC1.CC(C)C1(C(C)C)CC1.CC(C)C1(C(C)C)CCC1.CC(C)C1(C(C)C)CCCC1.CC(C)C1(C(C)C)CCCCC1. The van der Waals surface area contributed by atoms with Crippen molar-refractivity contribution in [2.75, 3.05) is 0 Å². The molecule has 0 aromatic carbocycles. The lowest BCUT2D eigenvalue weighted by Crippen LogP contribution is -2.39. The average Bonchev–Trinajstić information content (AvgIpc) is 4.17. The fourth-order valence-electron chi connectivity index (χ4n) is 16.2. The Labute approximate surface area is 485 Å². The van der Waals surface area contributed by atoms with Gasteiger partial charge < -0.3 is 0 Å². The number of hydrogen-bond donors (Lipinski definition) is 0. The highest BCUT2D eigenvalue weighted by Crippen LogP contribution is 2.57. The molecule has 8 aliphatic carbocycles. The second-order valence-electron chi connectivity index (χ2n) is 35.0. The van der Waals surface area contributed by atoms with Crippen molar-refractivity contribution in [1.29, 1.82) is 0 Å². The van der Waals surface area contributed by atoms with Crippen LogP contribution in [0.1, 0.15) is 374 Å². The van der Waals surface area contributed by atoms with Crippen molar-refractivity contribution in [3.8, 4) is 0 Å². The smallest absolute Gasteiger partial charge is 0.0251 e. The minimum Gasteiger partial charge on any atom is -0.0622 e. The summed E-state index contributed by atoms with van der Waals surface area (Å²) < 4.78 is 0. The molecule has 76 heavy (non-hydrogen) atoms. The van der Waals surface area contributed by atoms with Gasteiger partial charge in [0.1, 0.15) is 0 Å². The summed E-state index contributed by atoms with van der Waals surface area (Å²) in [6.45, 7) is 66.4. The molecule has 0 bridgehead atoms. The lowest BCUT2D eigenvalue weighted by atomic mass is 9.56. The van der Waals surface area contributed by atoms with Crippen molar-refractivity contribution in [1.82, 2.24) is 0 Å². The molecule has 0 nitrogen and oxygen atoms in total. The zero-order valence-corrected chi connectivity index (χ0v) is 58.7. The fraction of sp³-hybridized carbons (Fsp3) is 1.00. The second-order valence-corrected chi connectivity index (χ2v) is 35.0. The van der Waals surface area contributed by atoms with Crippen LogP contribution in [0.3, 0.4) is 0 Å². The number of hydrogen-bond acceptors (Lipinski definition) is 0. The van der Waals surface area contributed by atoms with Crippen molar-refractivity contribution in [3.63, 3.8) is 0 Å². The number of rotatable bonds is 8. The van der Waals surface area contributed by atoms with E-state index in [1.54, 1.807) is 0 Å². The van der Waals surface area contributed by atoms with E-state index in [2.05, 4.69) is 194 Å². The van der Waals surface area contributed by atoms with E-state index in [4.69, 9.17) is 0 Å². The predicted molar refractivity (Wildman–Crippen MR) is 349 cm³/mol. The Morgan fingerprint density at radius 2 is 0.368 bits per heavy atom. The molecule has 456 valence electrons. The molecule has 8 rings (SSSR count). The van der Waals surface area contributed by atoms with Gasteiger partial charge in [-0.3, -0.25) is 0 Å². The van der Waals surface area contributed by atoms with Crippen LogP contribution in [0.15, 0.2) is 0 Å². The van der Waals surface area contributed by atoms with Gasteiger partial charge in [-0.2, -0.15) is 0 Å². The molecule has 0 unspecified atom stereocenters. The molecule has 0 amide bonds. The maximum atomic E-state index is 2.41. The highest BCUT2D eigenvalue weighted by Gasteiger charge is 2.47. The van der Waals surface area contributed by atoms with Crippen molar-refractivity contribution < 1.29 is 0 Å². The maximum absolute atomic E-state index is 2.41. The lowest BCUT2D eigenvalue weighted by molar-refractivity contribution is 0.0135. The summed E-state index contributed by atoms with van der Waals surface area (Å²) in [6.07, 6.45) is 41.3. The van der Waals surface area contributed by atoms with Gasteiger partial charge in [0.2, 0.25) is 0 Å². The van der Waals surface area contributed by atoms with Crippen molar-refractivity contribution in [2.45, 2.75) is 374 Å². The summed E-state index contributed by atoms with van der Waals surface area (Å²) in [5.41, 5.74) is 5.20. The molecule has 8 aliphatic rings. The molecular formula is C76H152. The third-order valence-corrected chi connectivity index (χ3v) is 24.2. The van der Waals surface area contributed by atoms with Crippen LogP contribution in [-0.4, -0.2) is 0 Å². The van der Waals surface area contributed by atoms with Crippen LogP contribution in [0.25, 0.3) is 0 Å². The average molecular weight is 1070 g/mol. The van der Waals surface area contributed by atoms with Crippen LogP contribution >= 0.6 is 0 Å². The first-order valence-electron chi connectivity index (χ1n) is 34.8. The highest BCUT2D eigenvalue weighted by molar-refractivity contribution is 4.97. The Hall–Kier alpha value is 0. The normalized spacial score (nSPS) is 23.2. The first-order chi connectivity index (χ1) is 34.8. The zero-order chi connectivity index (χ0) is 58.7. The molecule has 0 atom stereocenters. The van der Waals surface area contributed by atoms with Gasteiger partial charge in [-0.15, -0.1) is 0 Å². The molecule has 0 N–H and O–H groups in total. The largest absolute Gasteiger partial charge is 0.0622 e. The van der Waals surface area contributed by atoms with Gasteiger partial charge in [-0.05, 0) is 217 Å². The van der Waals surface area contributed by atoms with Crippen LogP contribution in [0.5, 0.6) is 0 Å². The quantitative estimate of drug-likeness (QED) is 0.227. The van der Waals surface area contributed by atoms with Crippen LogP contribution < -0.4 is 0 Å². The van der Waals surface area contributed by atoms with Crippen LogP contribution in [0.4, 0.5) is 0 Å². The Bertz CT molecular complexity index is 1380. The molecule has 0 aliphatic heterocycles. The molecule has 0 aromatic rings. The molecule has 0 heterocycles. The zero-order valence-electron chi connectivity index (χ0n) is 58.7. The van der Waals surface area contributed by atoms with Crippen LogP contribution in [0.2, 0.25) is 0 Å².